The highest BCUT2D eigenvalue weighted by atomic mass is 19.4. The summed E-state index contributed by atoms with van der Waals surface area (Å²) in [6.45, 7) is -0.464. The predicted molar refractivity (Wildman–Crippen MR) is 151 cm³/mol. The molecule has 0 saturated heterocycles. The highest BCUT2D eigenvalue weighted by Crippen LogP contribution is 2.34. The molecule has 1 aliphatic rings. The van der Waals surface area contributed by atoms with Crippen molar-refractivity contribution in [2.45, 2.75) is 63.3 Å². The highest BCUT2D eigenvalue weighted by Gasteiger charge is 2.32. The van der Waals surface area contributed by atoms with E-state index in [0.29, 0.717) is 23.2 Å². The predicted octanol–water partition coefficient (Wildman–Crippen LogP) is 5.84. The third kappa shape index (κ3) is 8.63. The first kappa shape index (κ1) is 31.7. The number of carboxylic acids is 1. The van der Waals surface area contributed by atoms with Crippen LogP contribution in [0.3, 0.4) is 0 Å². The third-order valence-electron chi connectivity index (χ3n) is 7.52. The summed E-state index contributed by atoms with van der Waals surface area (Å²) in [5.74, 6) is -3.29. The summed E-state index contributed by atoms with van der Waals surface area (Å²) in [5.41, 5.74) is 1.17. The molecule has 3 N–H and O–H groups in total. The molecule has 1 aliphatic carbocycles. The van der Waals surface area contributed by atoms with Crippen LogP contribution in [0.15, 0.2) is 66.7 Å². The van der Waals surface area contributed by atoms with Gasteiger partial charge in [-0.25, -0.2) is 9.18 Å². The standard InChI is InChI=1S/C32H32F4N2O5/c33-26-15-21(14-25(17-26)32(34,35)36)16-29(40)38(27-12-10-23(11-13-27)22-4-2-1-3-5-22)19-20-6-8-24(9-7-20)30(41)37-18-28(39)31(42)43/h6-15,17,22,28,39H,1-5,16,18-19H2,(H,37,41)(H,42,43)/t28-/m1/s1. The van der Waals surface area contributed by atoms with E-state index < -0.39 is 54.4 Å². The number of nitrogens with one attached hydrogen (secondary N) is 1. The summed E-state index contributed by atoms with van der Waals surface area (Å²) in [6, 6.07) is 15.7. The number of amides is 2. The van der Waals surface area contributed by atoms with E-state index in [9.17, 15) is 37.1 Å². The molecule has 4 rings (SSSR count). The number of carbonyl (C=O) groups is 3. The van der Waals surface area contributed by atoms with Gasteiger partial charge in [0.2, 0.25) is 5.91 Å². The zero-order valence-electron chi connectivity index (χ0n) is 23.2. The van der Waals surface area contributed by atoms with E-state index >= 15 is 0 Å². The number of carbonyl (C=O) groups excluding carboxylic acids is 2. The summed E-state index contributed by atoms with van der Waals surface area (Å²) < 4.78 is 53.9. The molecule has 3 aromatic rings. The first-order valence-corrected chi connectivity index (χ1v) is 14.0. The molecule has 0 aliphatic heterocycles. The number of alkyl halides is 3. The molecule has 0 spiro atoms. The fraction of sp³-hybridized carbons (Fsp3) is 0.344. The maximum absolute atomic E-state index is 14.0. The smallest absolute Gasteiger partial charge is 0.416 e. The van der Waals surface area contributed by atoms with E-state index in [4.69, 9.17) is 5.11 Å². The molecule has 1 fully saturated rings. The van der Waals surface area contributed by atoms with Crippen LogP contribution in [0.2, 0.25) is 0 Å². The minimum atomic E-state index is -4.77. The van der Waals surface area contributed by atoms with Gasteiger partial charge in [-0.3, -0.25) is 9.59 Å². The van der Waals surface area contributed by atoms with Crippen LogP contribution >= 0.6 is 0 Å². The van der Waals surface area contributed by atoms with Crippen molar-refractivity contribution in [3.8, 4) is 0 Å². The molecule has 0 heterocycles. The van der Waals surface area contributed by atoms with Crippen LogP contribution in [0.4, 0.5) is 23.2 Å². The Kier molecular flexibility index (Phi) is 10.2. The van der Waals surface area contributed by atoms with E-state index in [1.54, 1.807) is 24.3 Å². The van der Waals surface area contributed by atoms with Gasteiger partial charge in [-0.15, -0.1) is 0 Å². The first-order chi connectivity index (χ1) is 20.4. The van der Waals surface area contributed by atoms with Gasteiger partial charge in [0.05, 0.1) is 25.1 Å². The lowest BCUT2D eigenvalue weighted by Crippen LogP contribution is -2.36. The molecule has 0 aromatic heterocycles. The first-order valence-electron chi connectivity index (χ1n) is 14.0. The van der Waals surface area contributed by atoms with Crippen molar-refractivity contribution in [2.75, 3.05) is 11.4 Å². The number of aliphatic carboxylic acids is 1. The van der Waals surface area contributed by atoms with Crippen LogP contribution < -0.4 is 10.2 Å². The number of nitrogens with zero attached hydrogens (tertiary/aromatic N) is 1. The van der Waals surface area contributed by atoms with Gasteiger partial charge in [0.1, 0.15) is 5.82 Å². The maximum Gasteiger partial charge on any atom is 0.416 e. The fourth-order valence-corrected chi connectivity index (χ4v) is 5.19. The van der Waals surface area contributed by atoms with Crippen molar-refractivity contribution < 1.29 is 42.2 Å². The number of rotatable bonds is 10. The quantitative estimate of drug-likeness (QED) is 0.254. The topological polar surface area (TPSA) is 107 Å². The maximum atomic E-state index is 14.0. The molecule has 1 atom stereocenters. The molecule has 3 aromatic carbocycles. The second-order valence-corrected chi connectivity index (χ2v) is 10.7. The molecular weight excluding hydrogens is 568 g/mol. The van der Waals surface area contributed by atoms with Gasteiger partial charge in [0.25, 0.3) is 5.91 Å². The Bertz CT molecular complexity index is 1440. The number of benzene rings is 3. The van der Waals surface area contributed by atoms with Crippen molar-refractivity contribution in [2.24, 2.45) is 0 Å². The van der Waals surface area contributed by atoms with E-state index in [0.717, 1.165) is 43.4 Å². The van der Waals surface area contributed by atoms with E-state index in [2.05, 4.69) is 5.32 Å². The molecule has 0 bridgehead atoms. The van der Waals surface area contributed by atoms with Gasteiger partial charge in [-0.1, -0.05) is 43.5 Å². The van der Waals surface area contributed by atoms with Crippen LogP contribution in [0.25, 0.3) is 0 Å². The molecule has 11 heteroatoms. The van der Waals surface area contributed by atoms with Crippen molar-refractivity contribution in [3.63, 3.8) is 0 Å². The fourth-order valence-electron chi connectivity index (χ4n) is 5.19. The van der Waals surface area contributed by atoms with E-state index in [-0.39, 0.29) is 17.7 Å². The monoisotopic (exact) mass is 600 g/mol. The number of hydrogen-bond acceptors (Lipinski definition) is 4. The normalized spacial score (nSPS) is 14.6. The second-order valence-electron chi connectivity index (χ2n) is 10.7. The number of hydrogen-bond donors (Lipinski definition) is 3. The Hall–Kier alpha value is -4.25. The van der Waals surface area contributed by atoms with Crippen LogP contribution in [-0.2, 0) is 28.7 Å². The molecule has 43 heavy (non-hydrogen) atoms. The van der Waals surface area contributed by atoms with Crippen LogP contribution in [0.1, 0.15) is 70.6 Å². The Morgan fingerprint density at radius 1 is 0.907 bits per heavy atom. The molecule has 7 nitrogen and oxygen atoms in total. The summed E-state index contributed by atoms with van der Waals surface area (Å²) in [7, 11) is 0. The number of anilines is 1. The average Bonchev–Trinajstić information content (AvgIpc) is 2.98. The molecule has 0 radical (unpaired) electrons. The van der Waals surface area contributed by atoms with Gasteiger partial charge in [-0.05, 0) is 77.9 Å². The minimum Gasteiger partial charge on any atom is -0.479 e. The van der Waals surface area contributed by atoms with Crippen LogP contribution in [0.5, 0.6) is 0 Å². The highest BCUT2D eigenvalue weighted by molar-refractivity contribution is 5.95. The van der Waals surface area contributed by atoms with Crippen molar-refractivity contribution in [1.82, 2.24) is 5.32 Å². The van der Waals surface area contributed by atoms with Crippen LogP contribution in [0, 0.1) is 5.82 Å². The lowest BCUT2D eigenvalue weighted by Gasteiger charge is -2.26. The Morgan fingerprint density at radius 2 is 1.56 bits per heavy atom. The Labute approximate surface area is 246 Å². The van der Waals surface area contributed by atoms with Gasteiger partial charge >= 0.3 is 12.1 Å². The molecule has 2 amide bonds. The Balaban J connectivity index is 1.56. The van der Waals surface area contributed by atoms with Crippen molar-refractivity contribution in [1.29, 1.82) is 0 Å². The summed E-state index contributed by atoms with van der Waals surface area (Å²) >= 11 is 0. The molecule has 1 saturated carbocycles. The second kappa shape index (κ2) is 13.8. The van der Waals surface area contributed by atoms with Gasteiger partial charge in [0, 0.05) is 11.3 Å². The number of carboxylic acid groups (broad SMARTS) is 1. The summed E-state index contributed by atoms with van der Waals surface area (Å²) in [6.07, 6.45) is -1.32. The van der Waals surface area contributed by atoms with Crippen LogP contribution in [-0.4, -0.2) is 40.6 Å². The van der Waals surface area contributed by atoms with E-state index in [1.807, 2.05) is 12.1 Å². The number of halogens is 4. The summed E-state index contributed by atoms with van der Waals surface area (Å²) in [4.78, 5) is 38.0. The molecule has 228 valence electrons. The van der Waals surface area contributed by atoms with Crippen molar-refractivity contribution in [3.05, 3.63) is 100 Å². The summed E-state index contributed by atoms with van der Waals surface area (Å²) in [5, 5.41) is 20.4. The zero-order chi connectivity index (χ0) is 31.1. The Morgan fingerprint density at radius 3 is 2.16 bits per heavy atom. The molecule has 0 unspecified atom stereocenters. The number of aliphatic hydroxyl groups excluding tert-OH is 1. The molecular formula is C32H32F4N2O5. The SMILES string of the molecule is O=C(NC[C@@H](O)C(=O)O)c1ccc(CN(C(=O)Cc2cc(F)cc(C(F)(F)F)c2)c2ccc(C3CCCCC3)cc2)cc1. The largest absolute Gasteiger partial charge is 0.479 e. The van der Waals surface area contributed by atoms with Gasteiger partial charge in [-0.2, -0.15) is 13.2 Å². The average molecular weight is 601 g/mol. The lowest BCUT2D eigenvalue weighted by atomic mass is 9.84. The van der Waals surface area contributed by atoms with Crippen molar-refractivity contribution >= 4 is 23.5 Å². The van der Waals surface area contributed by atoms with Gasteiger partial charge < -0.3 is 20.4 Å². The lowest BCUT2D eigenvalue weighted by molar-refractivity contribution is -0.146. The number of aliphatic hydroxyl groups is 1. The third-order valence-corrected chi connectivity index (χ3v) is 7.52. The zero-order valence-corrected chi connectivity index (χ0v) is 23.2. The minimum absolute atomic E-state index is 0.0165. The van der Waals surface area contributed by atoms with E-state index in [1.165, 1.54) is 23.5 Å². The van der Waals surface area contributed by atoms with Gasteiger partial charge in [0.15, 0.2) is 6.10 Å².